The molecule has 0 saturated carbocycles. The Morgan fingerprint density at radius 2 is 1.55 bits per heavy atom. The molecule has 24 nitrogen and oxygen atoms in total. The number of H-pyrrole nitrogens is 1. The van der Waals surface area contributed by atoms with Gasteiger partial charge in [-0.3, -0.25) is 28.9 Å². The zero-order valence-corrected chi connectivity index (χ0v) is 58.2. The van der Waals surface area contributed by atoms with Gasteiger partial charge in [-0.15, -0.1) is 0 Å². The number of hydrogen-bond acceptors (Lipinski definition) is 22. The van der Waals surface area contributed by atoms with E-state index >= 15 is 9.59 Å². The van der Waals surface area contributed by atoms with E-state index in [-0.39, 0.29) is 73.8 Å². The van der Waals surface area contributed by atoms with Gasteiger partial charge in [0.15, 0.2) is 29.7 Å². The number of likely N-dealkylation sites (tertiary alicyclic amines) is 1. The Balaban J connectivity index is 1.50. The summed E-state index contributed by atoms with van der Waals surface area (Å²) in [7, 11) is 4.28. The van der Waals surface area contributed by atoms with E-state index in [1.807, 2.05) is 52.8 Å². The second kappa shape index (κ2) is 34.6. The number of rotatable bonds is 23. The van der Waals surface area contributed by atoms with Crippen molar-refractivity contribution < 1.29 is 86.4 Å². The number of nitrogens with zero attached hydrogens (tertiary/aromatic N) is 3. The van der Waals surface area contributed by atoms with Crippen LogP contribution in [0.2, 0.25) is 0 Å². The van der Waals surface area contributed by atoms with Gasteiger partial charge >= 0.3 is 18.0 Å². The van der Waals surface area contributed by atoms with Crippen LogP contribution in [0.3, 0.4) is 0 Å². The number of ketones is 2. The Morgan fingerprint density at radius 3 is 2.18 bits per heavy atom. The van der Waals surface area contributed by atoms with Crippen molar-refractivity contribution in [2.45, 2.75) is 252 Å². The van der Waals surface area contributed by atoms with Crippen molar-refractivity contribution in [3.8, 4) is 0 Å². The fraction of sp³-hybridized carbons (Fsp3) is 0.768. The molecule has 1 aromatic heterocycles. The maximum absolute atomic E-state index is 16.2. The molecule has 0 radical (unpaired) electrons. The van der Waals surface area contributed by atoms with Crippen molar-refractivity contribution in [3.05, 3.63) is 64.3 Å². The molecule has 4 aliphatic heterocycles. The fourth-order valence-electron chi connectivity index (χ4n) is 14.0. The Bertz CT molecular complexity index is 2800. The van der Waals surface area contributed by atoms with Gasteiger partial charge in [0.1, 0.15) is 49.4 Å². The maximum atomic E-state index is 16.2. The van der Waals surface area contributed by atoms with Crippen molar-refractivity contribution in [1.82, 2.24) is 20.2 Å². The lowest BCUT2D eigenvalue weighted by atomic mass is 9.74. The van der Waals surface area contributed by atoms with Gasteiger partial charge in [0.25, 0.3) is 5.56 Å². The number of nitrogens with one attached hydrogen (secondary N) is 2. The number of aliphatic hydroxyl groups is 2. The van der Waals surface area contributed by atoms with E-state index < -0.39 is 156 Å². The highest BCUT2D eigenvalue weighted by atomic mass is 16.7. The van der Waals surface area contributed by atoms with Crippen LogP contribution in [0.1, 0.15) is 165 Å². The molecule has 1 aromatic carbocycles. The number of amides is 1. The van der Waals surface area contributed by atoms with Gasteiger partial charge in [-0.05, 0) is 104 Å². The molecule has 93 heavy (non-hydrogen) atoms. The highest BCUT2D eigenvalue weighted by Crippen LogP contribution is 2.41. The molecule has 24 heteroatoms. The zero-order valence-electron chi connectivity index (χ0n) is 58.2. The summed E-state index contributed by atoms with van der Waals surface area (Å²) in [5.41, 5.74) is -2.13. The number of aromatic amines is 1. The molecule has 4 aliphatic rings. The number of hydrogen-bond donors (Lipinski definition) is 4. The summed E-state index contributed by atoms with van der Waals surface area (Å²) in [5, 5.41) is 30.1. The number of Topliss-reactive ketones (excluding diaryl/α,β-unsaturated/α-hetero) is 2. The predicted molar refractivity (Wildman–Crippen MR) is 345 cm³/mol. The van der Waals surface area contributed by atoms with E-state index in [1.54, 1.807) is 48.5 Å². The first kappa shape index (κ1) is 76.7. The van der Waals surface area contributed by atoms with Crippen LogP contribution < -0.4 is 10.9 Å². The summed E-state index contributed by atoms with van der Waals surface area (Å²) >= 11 is 0. The Labute approximate surface area is 549 Å². The van der Waals surface area contributed by atoms with Gasteiger partial charge in [-0.2, -0.15) is 0 Å². The number of methoxy groups -OCH3 is 2. The quantitative estimate of drug-likeness (QED) is 0.0357. The molecule has 0 aliphatic carbocycles. The van der Waals surface area contributed by atoms with Gasteiger partial charge in [0.05, 0.1) is 60.9 Å². The second-order valence-corrected chi connectivity index (χ2v) is 28.3. The number of carbonyl (C=O) groups excluding carboxylic acids is 5. The molecule has 4 fully saturated rings. The molecule has 524 valence electrons. The molecule has 4 N–H and O–H groups in total. The molecular formula is C69H109N5O19. The second-order valence-electron chi connectivity index (χ2n) is 28.3. The average molecular weight is 1310 g/mol. The van der Waals surface area contributed by atoms with Gasteiger partial charge in [0.2, 0.25) is 0 Å². The molecule has 1 unspecified atom stereocenters. The SMILES string of the molecule is CON=C1C[C@@H](C)O[C@@H](O[C@@H]2[C@@H](C)[C@H](O[C@H]3CC(C)N(CCc4ccccc4)C[C@H](C)C3)[C@@H](C)C(=O)O[C@H]([C@@H](C)CO[C@@H]3O[C@H](C)[C@@H](O)[C@@H](OC)[C@H]3OC)[C@H](C)[C@@H](OC(=O)CC(C)C)[C@@H](C)C(=O)[C@@](C)(OC(=O)NC(C)(C)CCC(=O)c3c[nH]c(=O)cn3)C[C@@H]2C)[C@@H]1O. The number of ether oxygens (including phenoxy) is 10. The summed E-state index contributed by atoms with van der Waals surface area (Å²) < 4.78 is 65.0. The van der Waals surface area contributed by atoms with Crippen LogP contribution in [0, 0.1) is 47.3 Å². The first-order valence-corrected chi connectivity index (χ1v) is 33.4. The molecule has 4 saturated heterocycles. The van der Waals surface area contributed by atoms with Crippen LogP contribution in [0.15, 0.2) is 52.7 Å². The largest absolute Gasteiger partial charge is 0.461 e. The van der Waals surface area contributed by atoms with Crippen LogP contribution in [0.4, 0.5) is 4.79 Å². The highest BCUT2D eigenvalue weighted by molar-refractivity contribution is 5.94. The first-order chi connectivity index (χ1) is 43.8. The smallest absolute Gasteiger partial charge is 0.408 e. The number of benzene rings is 1. The lowest BCUT2D eigenvalue weighted by Crippen LogP contribution is -2.59. The van der Waals surface area contributed by atoms with Crippen LogP contribution in [-0.2, 0) is 73.0 Å². The van der Waals surface area contributed by atoms with Crippen molar-refractivity contribution in [2.75, 3.05) is 41.0 Å². The normalized spacial score (nSPS) is 35.4. The summed E-state index contributed by atoms with van der Waals surface area (Å²) in [6.45, 7) is 28.6. The van der Waals surface area contributed by atoms with Crippen LogP contribution in [-0.4, -0.2) is 198 Å². The van der Waals surface area contributed by atoms with E-state index in [1.165, 1.54) is 40.0 Å². The molecule has 5 heterocycles. The summed E-state index contributed by atoms with van der Waals surface area (Å²) in [5.74, 6) is -7.94. The van der Waals surface area contributed by atoms with E-state index in [2.05, 4.69) is 51.3 Å². The molecule has 1 amide bonds. The van der Waals surface area contributed by atoms with Gasteiger partial charge in [-0.25, -0.2) is 9.78 Å². The minimum Gasteiger partial charge on any atom is -0.461 e. The summed E-state index contributed by atoms with van der Waals surface area (Å²) in [4.78, 5) is 100. The molecule has 0 bridgehead atoms. The summed E-state index contributed by atoms with van der Waals surface area (Å²) in [6.07, 6.45) is -9.51. The molecule has 22 atom stereocenters. The van der Waals surface area contributed by atoms with Crippen molar-refractivity contribution in [2.24, 2.45) is 52.5 Å². The lowest BCUT2D eigenvalue weighted by Gasteiger charge is -2.45. The van der Waals surface area contributed by atoms with Gasteiger partial charge in [0, 0.05) is 82.1 Å². The van der Waals surface area contributed by atoms with Crippen molar-refractivity contribution in [1.29, 1.82) is 0 Å². The monoisotopic (exact) mass is 1310 g/mol. The minimum atomic E-state index is -2.07. The highest BCUT2D eigenvalue weighted by Gasteiger charge is 2.53. The lowest BCUT2D eigenvalue weighted by molar-refractivity contribution is -0.305. The number of carbonyl (C=O) groups is 5. The average Bonchev–Trinajstić information content (AvgIpc) is 0.960. The third kappa shape index (κ3) is 20.9. The molecule has 6 rings (SSSR count). The van der Waals surface area contributed by atoms with E-state index in [0.29, 0.717) is 12.8 Å². The van der Waals surface area contributed by atoms with Gasteiger partial charge < -0.3 is 72.7 Å². The van der Waals surface area contributed by atoms with E-state index in [4.69, 9.17) is 52.2 Å². The number of aliphatic hydroxyl groups excluding tert-OH is 2. The van der Waals surface area contributed by atoms with Gasteiger partial charge in [-0.1, -0.05) is 90.9 Å². The Kier molecular flexibility index (Phi) is 28.5. The minimum absolute atomic E-state index is 0.0287. The predicted octanol–water partition coefficient (Wildman–Crippen LogP) is 7.81. The van der Waals surface area contributed by atoms with Crippen molar-refractivity contribution >= 4 is 35.3 Å². The number of aromatic nitrogens is 2. The zero-order chi connectivity index (χ0) is 68.8. The van der Waals surface area contributed by atoms with Crippen LogP contribution >= 0.6 is 0 Å². The van der Waals surface area contributed by atoms with Crippen LogP contribution in [0.25, 0.3) is 0 Å². The topological polar surface area (TPSA) is 301 Å². The number of cyclic esters (lactones) is 1. The van der Waals surface area contributed by atoms with Crippen LogP contribution in [0.5, 0.6) is 0 Å². The molecule has 2 aromatic rings. The number of esters is 2. The number of oxime groups is 1. The third-order valence-corrected chi connectivity index (χ3v) is 19.1. The van der Waals surface area contributed by atoms with E-state index in [0.717, 1.165) is 25.7 Å². The van der Waals surface area contributed by atoms with E-state index in [9.17, 15) is 29.4 Å². The third-order valence-electron chi connectivity index (χ3n) is 19.1. The maximum Gasteiger partial charge on any atom is 0.408 e. The fourth-order valence-corrected chi connectivity index (χ4v) is 14.0. The summed E-state index contributed by atoms with van der Waals surface area (Å²) in [6, 6.07) is 10.4. The number of alkyl carbamates (subject to hydrolysis) is 1. The first-order valence-electron chi connectivity index (χ1n) is 33.4. The Morgan fingerprint density at radius 1 is 0.860 bits per heavy atom. The van der Waals surface area contributed by atoms with Crippen molar-refractivity contribution in [3.63, 3.8) is 0 Å². The molecular weight excluding hydrogens is 1200 g/mol. The molecule has 0 spiro atoms. The standard InChI is InChI=1S/C69H109N5O19/c1-37(2)28-54(77)90-59-44(9)58(40(5)36-86-66-62(84-17)61(83-16)55(78)47(12)88-66)91-64(81)46(11)60(89-49-29-38(3)35-74(41(6)30-49)27-25-48-22-20-19-21-23-48)43(8)57(92-65-56(79)50(73-85-18)31-42(7)87-65)39(4)32-69(15,63(80)45(59)10)93-67(82)72-68(13,14)26-24-52(75)51-33-71-53(76)34-70-51/h19-23,33-34,37-47,49,55-62,65-66,78-79H,24-32,35-36H2,1-18H3,(H,71,76)(H,72,82)/t38-,39+,40+,41?,42-,43-,44+,45-,46-,47-,49-,55-,56-,57+,58-,59-,60+,61-,62-,65+,66-,69+/m1/s1. The Hall–Kier alpha value is -5.28.